The van der Waals surface area contributed by atoms with Crippen LogP contribution in [0.15, 0.2) is 30.3 Å². The van der Waals surface area contributed by atoms with Crippen LogP contribution in [0, 0.1) is 0 Å². The first kappa shape index (κ1) is 12.0. The minimum atomic E-state index is -0.770. The summed E-state index contributed by atoms with van der Waals surface area (Å²) in [6.07, 6.45) is 0. The van der Waals surface area contributed by atoms with Gasteiger partial charge in [-0.15, -0.1) is 0 Å². The monoisotopic (exact) mass is 194 g/mol. The molecule has 0 heterocycles. The number of carbonyl (C=O) groups is 1. The van der Waals surface area contributed by atoms with Gasteiger partial charge in [-0.25, -0.2) is 4.79 Å². The zero-order valence-electron chi connectivity index (χ0n) is 5.79. The summed E-state index contributed by atoms with van der Waals surface area (Å²) in [5, 5.41) is 0. The van der Waals surface area contributed by atoms with Gasteiger partial charge in [0.25, 0.3) is 0 Å². The molecular weight excluding hydrogens is 187 g/mol. The van der Waals surface area contributed by atoms with Crippen LogP contribution < -0.4 is 0 Å². The molecule has 1 rings (SSSR count). The average Bonchev–Trinajstić information content (AvgIpc) is 2.03. The Morgan fingerprint density at radius 2 is 1.92 bits per heavy atom. The van der Waals surface area contributed by atoms with Gasteiger partial charge in [-0.3, -0.25) is 0 Å². The van der Waals surface area contributed by atoms with Gasteiger partial charge in [0.2, 0.25) is 0 Å². The molecule has 0 bridgehead atoms. The molecule has 12 heavy (non-hydrogen) atoms. The molecule has 0 aromatic heterocycles. The molecule has 0 aliphatic heterocycles. The van der Waals surface area contributed by atoms with Crippen LogP contribution in [0.5, 0.6) is 0 Å². The molecule has 0 amide bonds. The predicted molar refractivity (Wildman–Crippen MR) is 49.6 cm³/mol. The minimum absolute atomic E-state index is 0. The first-order valence-corrected chi connectivity index (χ1v) is 3.53. The third kappa shape index (κ3) is 4.78. The summed E-state index contributed by atoms with van der Waals surface area (Å²) in [6, 6.07) is 9.36. The third-order valence-electron chi connectivity index (χ3n) is 1.20. The van der Waals surface area contributed by atoms with Crippen LogP contribution in [0.25, 0.3) is 0 Å². The molecule has 60 valence electrons. The fourth-order valence-corrected chi connectivity index (χ4v) is 0.769. The van der Waals surface area contributed by atoms with Gasteiger partial charge < -0.3 is 4.74 Å². The van der Waals surface area contributed by atoms with Gasteiger partial charge in [0.15, 0.2) is 0 Å². The zero-order valence-corrected chi connectivity index (χ0v) is 6.54. The summed E-state index contributed by atoms with van der Waals surface area (Å²) >= 11 is 4.97. The molecule has 1 aromatic rings. The van der Waals surface area contributed by atoms with Crippen molar-refractivity contribution in [3.63, 3.8) is 0 Å². The Kier molecular flexibility index (Phi) is 6.48. The number of hydrogen-bond acceptors (Lipinski definition) is 2. The van der Waals surface area contributed by atoms with E-state index in [4.69, 9.17) is 11.6 Å². The summed E-state index contributed by atoms with van der Waals surface area (Å²) in [7, 11) is 0. The first-order valence-electron chi connectivity index (χ1n) is 3.15. The number of ether oxygens (including phenoxy) is 1. The Hall–Kier alpha value is -0.0200. The summed E-state index contributed by atoms with van der Waals surface area (Å²) in [6.45, 7) is 0.239. The van der Waals surface area contributed by atoms with Crippen LogP contribution in [0.4, 0.5) is 4.79 Å². The topological polar surface area (TPSA) is 26.3 Å². The Bertz CT molecular complexity index is 238. The molecule has 0 spiro atoms. The standard InChI is InChI=1S/C8H7ClO2.Na.H/c9-8(10)11-6-7-4-2-1-3-5-7;;/h1-5H,6H2;;. The van der Waals surface area contributed by atoms with Gasteiger partial charge in [0.1, 0.15) is 6.61 Å². The fourth-order valence-electron chi connectivity index (χ4n) is 0.714. The second-order valence-electron chi connectivity index (χ2n) is 2.01. The third-order valence-corrected chi connectivity index (χ3v) is 1.30. The van der Waals surface area contributed by atoms with Crippen molar-refractivity contribution in [2.24, 2.45) is 0 Å². The molecule has 1 aromatic carbocycles. The van der Waals surface area contributed by atoms with Crippen LogP contribution in [-0.4, -0.2) is 35.0 Å². The van der Waals surface area contributed by atoms with Crippen molar-refractivity contribution in [3.8, 4) is 0 Å². The predicted octanol–water partition coefficient (Wildman–Crippen LogP) is 1.91. The van der Waals surface area contributed by atoms with Crippen LogP contribution in [0.1, 0.15) is 5.56 Å². The number of benzene rings is 1. The van der Waals surface area contributed by atoms with E-state index < -0.39 is 5.43 Å². The van der Waals surface area contributed by atoms with E-state index in [1.165, 1.54) is 0 Å². The van der Waals surface area contributed by atoms with Gasteiger partial charge in [-0.1, -0.05) is 30.3 Å². The zero-order chi connectivity index (χ0) is 8.10. The summed E-state index contributed by atoms with van der Waals surface area (Å²) in [5.41, 5.74) is 0.162. The van der Waals surface area contributed by atoms with E-state index in [9.17, 15) is 4.79 Å². The maximum absolute atomic E-state index is 10.2. The van der Waals surface area contributed by atoms with E-state index in [-0.39, 0.29) is 36.2 Å². The Labute approximate surface area is 98.2 Å². The molecule has 0 saturated heterocycles. The molecule has 0 N–H and O–H groups in total. The van der Waals surface area contributed by atoms with Crippen molar-refractivity contribution in [1.82, 2.24) is 0 Å². The van der Waals surface area contributed by atoms with Crippen molar-refractivity contribution >= 4 is 46.6 Å². The van der Waals surface area contributed by atoms with Crippen LogP contribution >= 0.6 is 11.6 Å². The molecular formula is C8H8ClNaO2. The molecule has 0 fully saturated rings. The molecule has 0 saturated carbocycles. The number of halogens is 1. The molecule has 0 aliphatic rings. The van der Waals surface area contributed by atoms with Gasteiger partial charge >= 0.3 is 35.0 Å². The normalized spacial score (nSPS) is 8.42. The summed E-state index contributed by atoms with van der Waals surface area (Å²) < 4.78 is 4.55. The second kappa shape index (κ2) is 6.49. The van der Waals surface area contributed by atoms with Gasteiger partial charge in [-0.2, -0.15) is 0 Å². The molecule has 2 nitrogen and oxygen atoms in total. The summed E-state index contributed by atoms with van der Waals surface area (Å²) in [5.74, 6) is 0. The van der Waals surface area contributed by atoms with Crippen molar-refractivity contribution < 1.29 is 9.53 Å². The first-order chi connectivity index (χ1) is 5.29. The quantitative estimate of drug-likeness (QED) is 0.531. The number of rotatable bonds is 2. The van der Waals surface area contributed by atoms with Crippen molar-refractivity contribution in [2.75, 3.05) is 0 Å². The molecule has 0 aliphatic carbocycles. The number of hydrogen-bond donors (Lipinski definition) is 0. The van der Waals surface area contributed by atoms with E-state index >= 15 is 0 Å². The fraction of sp³-hybridized carbons (Fsp3) is 0.125. The van der Waals surface area contributed by atoms with Crippen molar-refractivity contribution in [2.45, 2.75) is 6.61 Å². The molecule has 0 radical (unpaired) electrons. The Morgan fingerprint density at radius 1 is 1.33 bits per heavy atom. The number of carbonyl (C=O) groups excluding carboxylic acids is 1. The van der Waals surface area contributed by atoms with E-state index in [1.807, 2.05) is 30.3 Å². The Balaban J connectivity index is 0.00000121. The van der Waals surface area contributed by atoms with Crippen molar-refractivity contribution in [1.29, 1.82) is 0 Å². The molecule has 0 unspecified atom stereocenters. The maximum atomic E-state index is 10.2. The van der Waals surface area contributed by atoms with Crippen LogP contribution in [0.3, 0.4) is 0 Å². The van der Waals surface area contributed by atoms with Gasteiger partial charge in [-0.05, 0) is 5.56 Å². The molecule has 4 heteroatoms. The Morgan fingerprint density at radius 3 is 2.42 bits per heavy atom. The second-order valence-corrected chi connectivity index (χ2v) is 2.32. The van der Waals surface area contributed by atoms with Gasteiger partial charge in [0.05, 0.1) is 0 Å². The summed E-state index contributed by atoms with van der Waals surface area (Å²) in [4.78, 5) is 10.2. The van der Waals surface area contributed by atoms with Crippen molar-refractivity contribution in [3.05, 3.63) is 35.9 Å². The van der Waals surface area contributed by atoms with E-state index in [0.29, 0.717) is 0 Å². The van der Waals surface area contributed by atoms with E-state index in [2.05, 4.69) is 4.74 Å². The average molecular weight is 195 g/mol. The van der Waals surface area contributed by atoms with Crippen LogP contribution in [-0.2, 0) is 11.3 Å². The van der Waals surface area contributed by atoms with E-state index in [1.54, 1.807) is 0 Å². The van der Waals surface area contributed by atoms with Gasteiger partial charge in [0, 0.05) is 11.6 Å². The van der Waals surface area contributed by atoms with E-state index in [0.717, 1.165) is 5.56 Å². The SMILES string of the molecule is O=C(Cl)OCc1ccccc1.[NaH]. The molecule has 0 atom stereocenters. The van der Waals surface area contributed by atoms with Crippen LogP contribution in [0.2, 0.25) is 0 Å².